The predicted molar refractivity (Wildman–Crippen MR) is 152 cm³/mol. The van der Waals surface area contributed by atoms with Crippen molar-refractivity contribution < 1.29 is 4.74 Å². The minimum absolute atomic E-state index is 0.101. The van der Waals surface area contributed by atoms with Crippen molar-refractivity contribution in [2.45, 2.75) is 18.8 Å². The maximum Gasteiger partial charge on any atom is 0.262 e. The van der Waals surface area contributed by atoms with E-state index in [1.807, 2.05) is 97.1 Å². The van der Waals surface area contributed by atoms with Gasteiger partial charge >= 0.3 is 0 Å². The van der Waals surface area contributed by atoms with Gasteiger partial charge in [0.25, 0.3) is 5.56 Å². The Bertz CT molecular complexity index is 1690. The lowest BCUT2D eigenvalue weighted by Gasteiger charge is -2.35. The van der Waals surface area contributed by atoms with Crippen molar-refractivity contribution in [3.63, 3.8) is 0 Å². The Balaban J connectivity index is 1.62. The van der Waals surface area contributed by atoms with Gasteiger partial charge in [0.15, 0.2) is 0 Å². The molecular formula is C33H27N3O2. The molecule has 0 amide bonds. The van der Waals surface area contributed by atoms with Crippen molar-refractivity contribution in [3.8, 4) is 22.8 Å². The summed E-state index contributed by atoms with van der Waals surface area (Å²) in [5.41, 5.74) is 5.22. The van der Waals surface area contributed by atoms with Gasteiger partial charge in [0.1, 0.15) is 11.6 Å². The third-order valence-electron chi connectivity index (χ3n) is 7.28. The smallest absolute Gasteiger partial charge is 0.262 e. The number of hydrogen-bond acceptors (Lipinski definition) is 4. The van der Waals surface area contributed by atoms with E-state index in [4.69, 9.17) is 14.7 Å². The van der Waals surface area contributed by atoms with Gasteiger partial charge < -0.3 is 4.74 Å². The topological polar surface area (TPSA) is 56.5 Å². The van der Waals surface area contributed by atoms with Gasteiger partial charge in [-0.3, -0.25) is 14.4 Å². The molecule has 0 fully saturated rings. The van der Waals surface area contributed by atoms with Crippen LogP contribution in [0.25, 0.3) is 17.1 Å². The van der Waals surface area contributed by atoms with Crippen LogP contribution >= 0.6 is 0 Å². The van der Waals surface area contributed by atoms with Crippen LogP contribution in [0.15, 0.2) is 125 Å². The summed E-state index contributed by atoms with van der Waals surface area (Å²) in [6, 6.07) is 35.5. The normalized spacial score (nSPS) is 16.4. The lowest BCUT2D eigenvalue weighted by atomic mass is 9.70. The SMILES string of the molecule is COc1ccc2c(c1)C(C)(c1cnc(-c3ccccc3)n(-c3ccccc3)c1=O)CC(c1ccccc1)=N2. The highest BCUT2D eigenvalue weighted by atomic mass is 16.5. The average molecular weight is 498 g/mol. The summed E-state index contributed by atoms with van der Waals surface area (Å²) in [7, 11) is 1.65. The molecule has 1 aromatic heterocycles. The second kappa shape index (κ2) is 9.60. The van der Waals surface area contributed by atoms with Crippen LogP contribution in [-0.2, 0) is 5.41 Å². The lowest BCUT2D eigenvalue weighted by molar-refractivity contribution is 0.412. The van der Waals surface area contributed by atoms with Gasteiger partial charge in [-0.1, -0.05) is 85.8 Å². The Morgan fingerprint density at radius 1 is 0.789 bits per heavy atom. The van der Waals surface area contributed by atoms with E-state index in [0.717, 1.165) is 39.5 Å². The molecule has 186 valence electrons. The maximum absolute atomic E-state index is 14.5. The van der Waals surface area contributed by atoms with Crippen LogP contribution in [-0.4, -0.2) is 22.4 Å². The molecule has 5 nitrogen and oxygen atoms in total. The first-order valence-corrected chi connectivity index (χ1v) is 12.6. The monoisotopic (exact) mass is 497 g/mol. The first kappa shape index (κ1) is 23.6. The molecule has 0 spiro atoms. The van der Waals surface area contributed by atoms with E-state index >= 15 is 0 Å². The van der Waals surface area contributed by atoms with E-state index in [-0.39, 0.29) is 5.56 Å². The second-order valence-electron chi connectivity index (χ2n) is 9.65. The molecule has 0 bridgehead atoms. The van der Waals surface area contributed by atoms with Crippen LogP contribution in [0.4, 0.5) is 5.69 Å². The van der Waals surface area contributed by atoms with E-state index in [9.17, 15) is 4.79 Å². The summed E-state index contributed by atoms with van der Waals surface area (Å²) >= 11 is 0. The van der Waals surface area contributed by atoms with Crippen molar-refractivity contribution in [1.82, 2.24) is 9.55 Å². The molecule has 1 unspecified atom stereocenters. The Kier molecular flexibility index (Phi) is 5.97. The van der Waals surface area contributed by atoms with Crippen LogP contribution in [0.1, 0.15) is 30.0 Å². The summed E-state index contributed by atoms with van der Waals surface area (Å²) in [5, 5.41) is 0. The van der Waals surface area contributed by atoms with Crippen LogP contribution in [0, 0.1) is 0 Å². The summed E-state index contributed by atoms with van der Waals surface area (Å²) in [5.74, 6) is 1.33. The van der Waals surface area contributed by atoms with E-state index < -0.39 is 5.41 Å². The molecule has 1 aliphatic rings. The molecule has 0 saturated carbocycles. The highest BCUT2D eigenvalue weighted by Gasteiger charge is 2.39. The predicted octanol–water partition coefficient (Wildman–Crippen LogP) is 6.74. The highest BCUT2D eigenvalue weighted by Crippen LogP contribution is 2.45. The van der Waals surface area contributed by atoms with Crippen molar-refractivity contribution in [2.24, 2.45) is 4.99 Å². The maximum atomic E-state index is 14.5. The first-order chi connectivity index (χ1) is 18.6. The fourth-order valence-electron chi connectivity index (χ4n) is 5.28. The second-order valence-corrected chi connectivity index (χ2v) is 9.65. The van der Waals surface area contributed by atoms with Crippen molar-refractivity contribution in [2.75, 3.05) is 7.11 Å². The van der Waals surface area contributed by atoms with Crippen LogP contribution in [0.5, 0.6) is 5.75 Å². The Morgan fingerprint density at radius 3 is 2.08 bits per heavy atom. The largest absolute Gasteiger partial charge is 0.497 e. The van der Waals surface area contributed by atoms with Crippen LogP contribution in [0.2, 0.25) is 0 Å². The Morgan fingerprint density at radius 2 is 1.42 bits per heavy atom. The molecule has 6 rings (SSSR count). The minimum Gasteiger partial charge on any atom is -0.497 e. The fourth-order valence-corrected chi connectivity index (χ4v) is 5.28. The molecule has 1 atom stereocenters. The number of aliphatic imine (C=N–C) groups is 1. The molecule has 5 aromatic rings. The number of nitrogens with zero attached hydrogens (tertiary/aromatic N) is 3. The number of fused-ring (bicyclic) bond motifs is 1. The molecule has 0 aliphatic carbocycles. The highest BCUT2D eigenvalue weighted by molar-refractivity contribution is 6.04. The number of ether oxygens (including phenoxy) is 1. The standard InChI is InChI=1S/C33H27N3O2/c1-33(21-30(23-12-6-3-7-13-23)35-29-19-18-26(38-2)20-27(29)33)28-22-34-31(24-14-8-4-9-15-24)36(32(28)37)25-16-10-5-11-17-25/h3-20,22H,21H2,1-2H3. The zero-order chi connectivity index (χ0) is 26.1. The first-order valence-electron chi connectivity index (χ1n) is 12.6. The zero-order valence-electron chi connectivity index (χ0n) is 21.3. The fraction of sp³-hybridized carbons (Fsp3) is 0.121. The minimum atomic E-state index is -0.688. The number of hydrogen-bond donors (Lipinski definition) is 0. The molecule has 1 aliphatic heterocycles. The third kappa shape index (κ3) is 4.02. The van der Waals surface area contributed by atoms with Crippen molar-refractivity contribution in [1.29, 1.82) is 0 Å². The third-order valence-corrected chi connectivity index (χ3v) is 7.28. The summed E-state index contributed by atoms with van der Waals surface area (Å²) in [6.07, 6.45) is 2.30. The van der Waals surface area contributed by atoms with Gasteiger partial charge in [0.2, 0.25) is 0 Å². The van der Waals surface area contributed by atoms with Crippen molar-refractivity contribution in [3.05, 3.63) is 142 Å². The van der Waals surface area contributed by atoms with Gasteiger partial charge in [-0.05, 0) is 41.5 Å². The molecule has 2 heterocycles. The number of aromatic nitrogens is 2. The van der Waals surface area contributed by atoms with Gasteiger partial charge in [0, 0.05) is 34.9 Å². The van der Waals surface area contributed by atoms with Gasteiger partial charge in [-0.2, -0.15) is 0 Å². The molecular weight excluding hydrogens is 470 g/mol. The number of benzene rings is 4. The number of methoxy groups -OCH3 is 1. The molecule has 0 saturated heterocycles. The molecule has 0 N–H and O–H groups in total. The van der Waals surface area contributed by atoms with Crippen LogP contribution < -0.4 is 10.3 Å². The van der Waals surface area contributed by atoms with E-state index in [1.165, 1.54) is 0 Å². The van der Waals surface area contributed by atoms with E-state index in [2.05, 4.69) is 19.1 Å². The average Bonchev–Trinajstić information content (AvgIpc) is 2.98. The molecule has 0 radical (unpaired) electrons. The Hall–Kier alpha value is -4.77. The zero-order valence-corrected chi connectivity index (χ0v) is 21.3. The summed E-state index contributed by atoms with van der Waals surface area (Å²) < 4.78 is 7.30. The molecule has 38 heavy (non-hydrogen) atoms. The van der Waals surface area contributed by atoms with E-state index in [1.54, 1.807) is 17.9 Å². The van der Waals surface area contributed by atoms with Gasteiger partial charge in [-0.25, -0.2) is 4.98 Å². The van der Waals surface area contributed by atoms with Crippen LogP contribution in [0.3, 0.4) is 0 Å². The quantitative estimate of drug-likeness (QED) is 0.270. The number of para-hydroxylation sites is 1. The molecule has 5 heteroatoms. The lowest BCUT2D eigenvalue weighted by Crippen LogP contribution is -2.38. The Labute approximate surface area is 221 Å². The molecule has 4 aromatic carbocycles. The van der Waals surface area contributed by atoms with Gasteiger partial charge in [0.05, 0.1) is 18.5 Å². The number of rotatable bonds is 5. The van der Waals surface area contributed by atoms with E-state index in [0.29, 0.717) is 17.8 Å². The van der Waals surface area contributed by atoms with Gasteiger partial charge in [-0.15, -0.1) is 0 Å². The van der Waals surface area contributed by atoms with Crippen molar-refractivity contribution >= 4 is 11.4 Å². The summed E-state index contributed by atoms with van der Waals surface area (Å²) in [6.45, 7) is 2.11. The summed E-state index contributed by atoms with van der Waals surface area (Å²) in [4.78, 5) is 24.5.